The molecular weight excluding hydrogens is 414 g/mol. The van der Waals surface area contributed by atoms with Crippen LogP contribution in [0.1, 0.15) is 17.7 Å². The zero-order chi connectivity index (χ0) is 19.4. The molecule has 0 spiro atoms. The van der Waals surface area contributed by atoms with Crippen molar-refractivity contribution in [3.63, 3.8) is 0 Å². The Morgan fingerprint density at radius 2 is 1.96 bits per heavy atom. The molecule has 0 atom stereocenters. The van der Waals surface area contributed by atoms with E-state index in [-0.39, 0.29) is 11.6 Å². The van der Waals surface area contributed by atoms with Gasteiger partial charge in [0.2, 0.25) is 5.91 Å². The van der Waals surface area contributed by atoms with Gasteiger partial charge in [0.05, 0.1) is 11.5 Å². The summed E-state index contributed by atoms with van der Waals surface area (Å²) in [6, 6.07) is 8.17. The summed E-state index contributed by atoms with van der Waals surface area (Å²) in [6.45, 7) is 5.92. The predicted molar refractivity (Wildman–Crippen MR) is 104 cm³/mol. The Morgan fingerprint density at radius 3 is 2.59 bits per heavy atom. The highest BCUT2D eigenvalue weighted by Crippen LogP contribution is 2.19. The first-order valence-electron chi connectivity index (χ1n) is 8.86. The summed E-state index contributed by atoms with van der Waals surface area (Å²) >= 11 is 3.58. The number of piperazine rings is 1. The fourth-order valence-corrected chi connectivity index (χ4v) is 3.63. The second-order valence-electron chi connectivity index (χ2n) is 6.59. The van der Waals surface area contributed by atoms with Gasteiger partial charge in [0.25, 0.3) is 0 Å². The third-order valence-electron chi connectivity index (χ3n) is 4.89. The van der Waals surface area contributed by atoms with Gasteiger partial charge in [-0.1, -0.05) is 34.1 Å². The van der Waals surface area contributed by atoms with Crippen LogP contribution in [0.2, 0.25) is 0 Å². The molecule has 1 amide bonds. The molecule has 1 aliphatic rings. The normalized spacial score (nSPS) is 15.1. The van der Waals surface area contributed by atoms with Crippen LogP contribution in [0.15, 0.2) is 34.9 Å². The second-order valence-corrected chi connectivity index (χ2v) is 7.45. The molecule has 2 heterocycles. The maximum Gasteiger partial charge on any atom is 0.309 e. The Hall–Kier alpha value is -2.26. The van der Waals surface area contributed by atoms with Crippen LogP contribution in [0.4, 0.5) is 5.69 Å². The molecular formula is C18H22BrN5O3. The summed E-state index contributed by atoms with van der Waals surface area (Å²) in [4.78, 5) is 27.1. The molecule has 1 aliphatic heterocycles. The van der Waals surface area contributed by atoms with Crippen molar-refractivity contribution in [1.82, 2.24) is 19.6 Å². The Labute approximate surface area is 166 Å². The first kappa shape index (κ1) is 19.5. The van der Waals surface area contributed by atoms with E-state index >= 15 is 0 Å². The summed E-state index contributed by atoms with van der Waals surface area (Å²) in [7, 11) is 0. The first-order chi connectivity index (χ1) is 13.0. The van der Waals surface area contributed by atoms with Gasteiger partial charge >= 0.3 is 5.69 Å². The lowest BCUT2D eigenvalue weighted by molar-refractivity contribution is -0.385. The molecule has 0 aliphatic carbocycles. The van der Waals surface area contributed by atoms with E-state index in [1.54, 1.807) is 6.92 Å². The van der Waals surface area contributed by atoms with Gasteiger partial charge < -0.3 is 4.90 Å². The molecule has 1 fully saturated rings. The second kappa shape index (κ2) is 8.62. The van der Waals surface area contributed by atoms with Crippen molar-refractivity contribution in [2.75, 3.05) is 26.2 Å². The third kappa shape index (κ3) is 4.72. The zero-order valence-electron chi connectivity index (χ0n) is 15.2. The SMILES string of the molecule is Cc1c([N+](=O)[O-])cnn1CCC(=O)N1CCN(Cc2ccccc2Br)CC1. The van der Waals surface area contributed by atoms with Crippen LogP contribution in [0.25, 0.3) is 0 Å². The number of aryl methyl sites for hydroxylation is 1. The summed E-state index contributed by atoms with van der Waals surface area (Å²) < 4.78 is 2.63. The van der Waals surface area contributed by atoms with E-state index in [4.69, 9.17) is 0 Å². The molecule has 1 saturated heterocycles. The lowest BCUT2D eigenvalue weighted by atomic mass is 10.2. The fourth-order valence-electron chi connectivity index (χ4n) is 3.22. The van der Waals surface area contributed by atoms with E-state index in [0.29, 0.717) is 31.7 Å². The minimum Gasteiger partial charge on any atom is -0.340 e. The van der Waals surface area contributed by atoms with Gasteiger partial charge in [-0.3, -0.25) is 24.5 Å². The topological polar surface area (TPSA) is 84.5 Å². The Morgan fingerprint density at radius 1 is 1.26 bits per heavy atom. The molecule has 8 nitrogen and oxygen atoms in total. The van der Waals surface area contributed by atoms with Crippen molar-refractivity contribution in [2.24, 2.45) is 0 Å². The first-order valence-corrected chi connectivity index (χ1v) is 9.65. The highest BCUT2D eigenvalue weighted by molar-refractivity contribution is 9.10. The quantitative estimate of drug-likeness (QED) is 0.514. The molecule has 9 heteroatoms. The number of nitrogens with zero attached hydrogens (tertiary/aromatic N) is 5. The van der Waals surface area contributed by atoms with Crippen LogP contribution >= 0.6 is 15.9 Å². The van der Waals surface area contributed by atoms with E-state index < -0.39 is 4.92 Å². The average Bonchev–Trinajstić information content (AvgIpc) is 3.03. The van der Waals surface area contributed by atoms with Crippen molar-refractivity contribution < 1.29 is 9.72 Å². The number of benzene rings is 1. The Balaban J connectivity index is 1.47. The van der Waals surface area contributed by atoms with E-state index in [1.807, 2.05) is 23.1 Å². The third-order valence-corrected chi connectivity index (χ3v) is 5.66. The van der Waals surface area contributed by atoms with Crippen molar-refractivity contribution in [2.45, 2.75) is 26.4 Å². The highest BCUT2D eigenvalue weighted by Gasteiger charge is 2.22. The van der Waals surface area contributed by atoms with Crippen LogP contribution in [0.3, 0.4) is 0 Å². The number of rotatable bonds is 6. The molecule has 27 heavy (non-hydrogen) atoms. The molecule has 0 unspecified atom stereocenters. The van der Waals surface area contributed by atoms with Gasteiger partial charge in [-0.25, -0.2) is 0 Å². The minimum absolute atomic E-state index is 0.0110. The smallest absolute Gasteiger partial charge is 0.309 e. The molecule has 1 aromatic carbocycles. The minimum atomic E-state index is -0.453. The van der Waals surface area contributed by atoms with E-state index in [2.05, 4.69) is 32.0 Å². The van der Waals surface area contributed by atoms with Crippen molar-refractivity contribution in [3.05, 3.63) is 56.3 Å². The van der Waals surface area contributed by atoms with Gasteiger partial charge in [-0.05, 0) is 18.6 Å². The molecule has 0 bridgehead atoms. The van der Waals surface area contributed by atoms with E-state index in [0.717, 1.165) is 24.1 Å². The molecule has 144 valence electrons. The van der Waals surface area contributed by atoms with Crippen molar-refractivity contribution >= 4 is 27.5 Å². The largest absolute Gasteiger partial charge is 0.340 e. The number of hydrogen-bond donors (Lipinski definition) is 0. The summed E-state index contributed by atoms with van der Waals surface area (Å²) in [6.07, 6.45) is 1.53. The number of carbonyl (C=O) groups is 1. The number of carbonyl (C=O) groups excluding carboxylic acids is 1. The van der Waals surface area contributed by atoms with Crippen LogP contribution in [-0.2, 0) is 17.9 Å². The molecule has 3 rings (SSSR count). The summed E-state index contributed by atoms with van der Waals surface area (Å²) in [5.41, 5.74) is 1.71. The molecule has 2 aromatic rings. The number of halogens is 1. The molecule has 1 aromatic heterocycles. The monoisotopic (exact) mass is 435 g/mol. The molecule has 0 radical (unpaired) electrons. The van der Waals surface area contributed by atoms with Crippen LogP contribution in [0.5, 0.6) is 0 Å². The lowest BCUT2D eigenvalue weighted by Gasteiger charge is -2.35. The number of aromatic nitrogens is 2. The van der Waals surface area contributed by atoms with E-state index in [1.165, 1.54) is 16.4 Å². The molecule has 0 saturated carbocycles. The standard InChI is InChI=1S/C18H22BrN5O3/c1-14-17(24(26)27)12-20-23(14)7-6-18(25)22-10-8-21(9-11-22)13-15-4-2-3-5-16(15)19/h2-5,12H,6-11,13H2,1H3. The molecule has 0 N–H and O–H groups in total. The van der Waals surface area contributed by atoms with Gasteiger partial charge in [0.15, 0.2) is 0 Å². The van der Waals surface area contributed by atoms with Crippen molar-refractivity contribution in [3.8, 4) is 0 Å². The summed E-state index contributed by atoms with van der Waals surface area (Å²) in [5.74, 6) is 0.0631. The maximum absolute atomic E-state index is 12.5. The van der Waals surface area contributed by atoms with Gasteiger partial charge in [0.1, 0.15) is 11.9 Å². The predicted octanol–water partition coefficient (Wildman–Crippen LogP) is 2.60. The van der Waals surface area contributed by atoms with E-state index in [9.17, 15) is 14.9 Å². The lowest BCUT2D eigenvalue weighted by Crippen LogP contribution is -2.48. The van der Waals surface area contributed by atoms with Crippen LogP contribution in [-0.4, -0.2) is 56.6 Å². The van der Waals surface area contributed by atoms with Gasteiger partial charge in [-0.2, -0.15) is 5.10 Å². The Kier molecular flexibility index (Phi) is 6.22. The van der Waals surface area contributed by atoms with Gasteiger partial charge in [0, 0.05) is 43.6 Å². The number of hydrogen-bond acceptors (Lipinski definition) is 5. The van der Waals surface area contributed by atoms with Crippen LogP contribution in [0, 0.1) is 17.0 Å². The number of nitro groups is 1. The summed E-state index contributed by atoms with van der Waals surface area (Å²) in [5, 5.41) is 14.9. The maximum atomic E-state index is 12.5. The highest BCUT2D eigenvalue weighted by atomic mass is 79.9. The Bertz CT molecular complexity index is 830. The number of amides is 1. The van der Waals surface area contributed by atoms with Crippen LogP contribution < -0.4 is 0 Å². The van der Waals surface area contributed by atoms with Crippen molar-refractivity contribution in [1.29, 1.82) is 0 Å². The van der Waals surface area contributed by atoms with Gasteiger partial charge in [-0.15, -0.1) is 0 Å². The fraction of sp³-hybridized carbons (Fsp3) is 0.444. The zero-order valence-corrected chi connectivity index (χ0v) is 16.8. The average molecular weight is 436 g/mol.